The largest absolute Gasteiger partial charge is 0.339 e. The summed E-state index contributed by atoms with van der Waals surface area (Å²) in [5.41, 5.74) is 6.45. The van der Waals surface area contributed by atoms with Gasteiger partial charge in [0.2, 0.25) is 0 Å². The molecule has 1 aromatic rings. The van der Waals surface area contributed by atoms with Crippen molar-refractivity contribution in [1.29, 1.82) is 0 Å². The van der Waals surface area contributed by atoms with Crippen molar-refractivity contribution >= 4 is 17.5 Å². The van der Waals surface area contributed by atoms with E-state index in [-0.39, 0.29) is 18.0 Å². The highest BCUT2D eigenvalue weighted by Gasteiger charge is 2.28. The van der Waals surface area contributed by atoms with Crippen LogP contribution in [0.25, 0.3) is 0 Å². The fraction of sp³-hybridized carbons (Fsp3) is 0.643. The number of hydrogen-bond acceptors (Lipinski definition) is 2. The van der Waals surface area contributed by atoms with Crippen molar-refractivity contribution in [3.05, 3.63) is 23.0 Å². The third kappa shape index (κ3) is 2.95. The van der Waals surface area contributed by atoms with Crippen LogP contribution in [0.5, 0.6) is 0 Å². The van der Waals surface area contributed by atoms with E-state index in [0.717, 1.165) is 25.8 Å². The molecule has 19 heavy (non-hydrogen) atoms. The lowest BCUT2D eigenvalue weighted by atomic mass is 10.0. The van der Waals surface area contributed by atoms with Gasteiger partial charge in [0.05, 0.1) is 5.02 Å². The number of nitrogens with two attached hydrogens (primary N) is 1. The minimum absolute atomic E-state index is 0.0516. The molecule has 0 bridgehead atoms. The molecule has 2 rings (SSSR count). The summed E-state index contributed by atoms with van der Waals surface area (Å²) in [7, 11) is 0. The van der Waals surface area contributed by atoms with Crippen LogP contribution in [0.15, 0.2) is 12.3 Å². The summed E-state index contributed by atoms with van der Waals surface area (Å²) in [5, 5.41) is 0.610. The van der Waals surface area contributed by atoms with E-state index in [2.05, 4.69) is 0 Å². The van der Waals surface area contributed by atoms with Crippen molar-refractivity contribution < 1.29 is 4.79 Å². The second kappa shape index (κ2) is 5.97. The van der Waals surface area contributed by atoms with E-state index < -0.39 is 0 Å². The smallest absolute Gasteiger partial charge is 0.270 e. The molecule has 0 spiro atoms. The molecule has 106 valence electrons. The Hall–Kier alpha value is -1.00. The lowest BCUT2D eigenvalue weighted by molar-refractivity contribution is 0.0610. The van der Waals surface area contributed by atoms with Crippen LogP contribution in [0, 0.1) is 0 Å². The molecule has 1 unspecified atom stereocenters. The number of amides is 1. The number of aromatic nitrogens is 1. The van der Waals surface area contributed by atoms with Gasteiger partial charge in [0.25, 0.3) is 5.91 Å². The summed E-state index contributed by atoms with van der Waals surface area (Å²) in [5.74, 6) is 0.0516. The number of halogens is 1. The Morgan fingerprint density at radius 2 is 2.26 bits per heavy atom. The van der Waals surface area contributed by atoms with Crippen LogP contribution >= 0.6 is 11.6 Å². The zero-order chi connectivity index (χ0) is 14.0. The minimum Gasteiger partial charge on any atom is -0.339 e. The minimum atomic E-state index is 0.0516. The SMILES string of the molecule is CC(C)n1cc(Cl)cc1C(=O)N1CCCCC1CN. The molecule has 5 heteroatoms. The van der Waals surface area contributed by atoms with Crippen molar-refractivity contribution in [2.24, 2.45) is 5.73 Å². The number of nitrogens with zero attached hydrogens (tertiary/aromatic N) is 2. The average molecular weight is 284 g/mol. The van der Waals surface area contributed by atoms with Gasteiger partial charge in [-0.3, -0.25) is 4.79 Å². The van der Waals surface area contributed by atoms with Crippen LogP contribution in [0.2, 0.25) is 5.02 Å². The monoisotopic (exact) mass is 283 g/mol. The molecule has 2 N–H and O–H groups in total. The van der Waals surface area contributed by atoms with Crippen molar-refractivity contribution in [2.45, 2.75) is 45.2 Å². The molecule has 1 aliphatic rings. The quantitative estimate of drug-likeness (QED) is 0.927. The zero-order valence-electron chi connectivity index (χ0n) is 11.6. The Morgan fingerprint density at radius 1 is 1.53 bits per heavy atom. The molecule has 1 aliphatic heterocycles. The van der Waals surface area contributed by atoms with Crippen molar-refractivity contribution in [3.63, 3.8) is 0 Å². The van der Waals surface area contributed by atoms with E-state index in [4.69, 9.17) is 17.3 Å². The molecule has 1 aromatic heterocycles. The lowest BCUT2D eigenvalue weighted by Gasteiger charge is -2.35. The molecular weight excluding hydrogens is 262 g/mol. The summed E-state index contributed by atoms with van der Waals surface area (Å²) in [6.07, 6.45) is 5.02. The van der Waals surface area contributed by atoms with Gasteiger partial charge >= 0.3 is 0 Å². The van der Waals surface area contributed by atoms with Gasteiger partial charge in [0.15, 0.2) is 0 Å². The highest BCUT2D eigenvalue weighted by atomic mass is 35.5. The van der Waals surface area contributed by atoms with E-state index in [9.17, 15) is 4.79 Å². The predicted molar refractivity (Wildman–Crippen MR) is 77.6 cm³/mol. The second-order valence-corrected chi connectivity index (χ2v) is 5.86. The Morgan fingerprint density at radius 3 is 2.89 bits per heavy atom. The Kier molecular flexibility index (Phi) is 4.53. The fourth-order valence-electron chi connectivity index (χ4n) is 2.70. The highest BCUT2D eigenvalue weighted by molar-refractivity contribution is 6.31. The molecule has 1 fully saturated rings. The van der Waals surface area contributed by atoms with Crippen molar-refractivity contribution in [2.75, 3.05) is 13.1 Å². The third-order valence-corrected chi connectivity index (χ3v) is 3.96. The number of rotatable bonds is 3. The molecule has 1 atom stereocenters. The van der Waals surface area contributed by atoms with Gasteiger partial charge < -0.3 is 15.2 Å². The number of piperidine rings is 1. The standard InChI is InChI=1S/C14H22ClN3O/c1-10(2)18-9-11(15)7-13(18)14(19)17-6-4-3-5-12(17)8-16/h7,9-10,12H,3-6,8,16H2,1-2H3. The zero-order valence-corrected chi connectivity index (χ0v) is 12.4. The Balaban J connectivity index is 2.27. The number of likely N-dealkylation sites (tertiary alicyclic amines) is 1. The average Bonchev–Trinajstić information content (AvgIpc) is 2.80. The third-order valence-electron chi connectivity index (χ3n) is 3.75. The lowest BCUT2D eigenvalue weighted by Crippen LogP contribution is -2.47. The van der Waals surface area contributed by atoms with Crippen LogP contribution in [0.1, 0.15) is 49.6 Å². The summed E-state index contributed by atoms with van der Waals surface area (Å²) < 4.78 is 1.94. The normalized spacial score (nSPS) is 20.1. The first-order chi connectivity index (χ1) is 9.04. The maximum atomic E-state index is 12.7. The highest BCUT2D eigenvalue weighted by Crippen LogP contribution is 2.24. The maximum Gasteiger partial charge on any atom is 0.270 e. The predicted octanol–water partition coefficient (Wildman–Crippen LogP) is 2.68. The van der Waals surface area contributed by atoms with E-state index in [0.29, 0.717) is 17.3 Å². The molecular formula is C14H22ClN3O. The van der Waals surface area contributed by atoms with E-state index in [1.807, 2.05) is 29.5 Å². The number of carbonyl (C=O) groups excluding carboxylic acids is 1. The number of hydrogen-bond donors (Lipinski definition) is 1. The van der Waals surface area contributed by atoms with Crippen molar-refractivity contribution in [1.82, 2.24) is 9.47 Å². The summed E-state index contributed by atoms with van der Waals surface area (Å²) in [6, 6.07) is 2.13. The van der Waals surface area contributed by atoms with Gasteiger partial charge in [-0.1, -0.05) is 11.6 Å². The van der Waals surface area contributed by atoms with Gasteiger partial charge in [-0.05, 0) is 39.2 Å². The molecule has 0 radical (unpaired) electrons. The molecule has 0 aliphatic carbocycles. The molecule has 1 saturated heterocycles. The second-order valence-electron chi connectivity index (χ2n) is 5.43. The van der Waals surface area contributed by atoms with Gasteiger partial charge in [-0.25, -0.2) is 0 Å². The van der Waals surface area contributed by atoms with Crippen molar-refractivity contribution in [3.8, 4) is 0 Å². The molecule has 0 aromatic carbocycles. The van der Waals surface area contributed by atoms with E-state index in [1.54, 1.807) is 6.07 Å². The molecule has 4 nitrogen and oxygen atoms in total. The first-order valence-electron chi connectivity index (χ1n) is 6.93. The van der Waals surface area contributed by atoms with Gasteiger partial charge in [-0.15, -0.1) is 0 Å². The van der Waals surface area contributed by atoms with E-state index >= 15 is 0 Å². The van der Waals surface area contributed by atoms with Gasteiger partial charge in [0.1, 0.15) is 5.69 Å². The van der Waals surface area contributed by atoms with Gasteiger partial charge in [-0.2, -0.15) is 0 Å². The van der Waals surface area contributed by atoms with Crippen LogP contribution in [-0.2, 0) is 0 Å². The van der Waals surface area contributed by atoms with E-state index in [1.165, 1.54) is 0 Å². The van der Waals surface area contributed by atoms with Crippen LogP contribution in [0.4, 0.5) is 0 Å². The topological polar surface area (TPSA) is 51.3 Å². The molecule has 2 heterocycles. The summed E-state index contributed by atoms with van der Waals surface area (Å²) in [4.78, 5) is 14.6. The molecule has 1 amide bonds. The van der Waals surface area contributed by atoms with Gasteiger partial charge in [0, 0.05) is 31.4 Å². The molecule has 0 saturated carbocycles. The first kappa shape index (κ1) is 14.4. The Labute approximate surface area is 119 Å². The number of carbonyl (C=O) groups is 1. The van der Waals surface area contributed by atoms with Crippen LogP contribution < -0.4 is 5.73 Å². The summed E-state index contributed by atoms with van der Waals surface area (Å²) in [6.45, 7) is 5.41. The first-order valence-corrected chi connectivity index (χ1v) is 7.30. The fourth-order valence-corrected chi connectivity index (χ4v) is 2.91. The van der Waals surface area contributed by atoms with Crippen LogP contribution in [-0.4, -0.2) is 34.5 Å². The van der Waals surface area contributed by atoms with Crippen LogP contribution in [0.3, 0.4) is 0 Å². The Bertz CT molecular complexity index is 456. The maximum absolute atomic E-state index is 12.7. The summed E-state index contributed by atoms with van der Waals surface area (Å²) >= 11 is 6.05.